The lowest BCUT2D eigenvalue weighted by molar-refractivity contribution is -0.117. The Bertz CT molecular complexity index is 1050. The summed E-state index contributed by atoms with van der Waals surface area (Å²) in [5.74, 6) is 0.692. The molecule has 0 aliphatic rings. The van der Waals surface area contributed by atoms with Crippen LogP contribution in [0.5, 0.6) is 11.5 Å². The molecule has 3 aromatic rings. The molecule has 0 saturated carbocycles. The van der Waals surface area contributed by atoms with Crippen LogP contribution in [0.2, 0.25) is 0 Å². The molecule has 0 saturated heterocycles. The molecule has 140 valence electrons. The van der Waals surface area contributed by atoms with Gasteiger partial charge < -0.3 is 14.0 Å². The molecule has 2 aromatic carbocycles. The van der Waals surface area contributed by atoms with Gasteiger partial charge in [0, 0.05) is 6.54 Å². The van der Waals surface area contributed by atoms with Crippen molar-refractivity contribution in [2.45, 2.75) is 13.0 Å². The number of carbonyl (C=O) groups is 1. The zero-order chi connectivity index (χ0) is 19.4. The number of rotatable bonds is 6. The number of amides is 1. The van der Waals surface area contributed by atoms with Gasteiger partial charge in [-0.25, -0.2) is 4.39 Å². The Morgan fingerprint density at radius 3 is 2.48 bits per heavy atom. The standard InChI is InChI=1S/C20H19FN2O3S/c1-4-11-23-18-15(25-2)9-10-16(26-3)19(18)27-20(23)22-17(24)12-13-5-7-14(21)8-6-13/h4-10H,1,11-12H2,2-3H3. The molecule has 1 heterocycles. The fourth-order valence-electron chi connectivity index (χ4n) is 2.76. The summed E-state index contributed by atoms with van der Waals surface area (Å²) in [5.41, 5.74) is 1.51. The van der Waals surface area contributed by atoms with Crippen LogP contribution in [-0.4, -0.2) is 24.7 Å². The van der Waals surface area contributed by atoms with E-state index in [-0.39, 0.29) is 18.1 Å². The van der Waals surface area contributed by atoms with E-state index >= 15 is 0 Å². The third kappa shape index (κ3) is 3.93. The van der Waals surface area contributed by atoms with E-state index in [4.69, 9.17) is 9.47 Å². The van der Waals surface area contributed by atoms with Crippen LogP contribution < -0.4 is 14.3 Å². The Kier molecular flexibility index (Phi) is 5.71. The topological polar surface area (TPSA) is 52.8 Å². The zero-order valence-electron chi connectivity index (χ0n) is 15.1. The number of allylic oxidation sites excluding steroid dienone is 1. The first-order chi connectivity index (χ1) is 13.1. The first-order valence-electron chi connectivity index (χ1n) is 8.24. The van der Waals surface area contributed by atoms with Gasteiger partial charge in [-0.15, -0.1) is 6.58 Å². The number of hydrogen-bond acceptors (Lipinski definition) is 4. The van der Waals surface area contributed by atoms with Gasteiger partial charge in [0.05, 0.1) is 20.6 Å². The molecule has 1 amide bonds. The highest BCUT2D eigenvalue weighted by molar-refractivity contribution is 7.16. The van der Waals surface area contributed by atoms with Gasteiger partial charge in [-0.3, -0.25) is 4.79 Å². The van der Waals surface area contributed by atoms with Crippen molar-refractivity contribution in [1.29, 1.82) is 0 Å². The third-order valence-corrected chi connectivity index (χ3v) is 5.09. The minimum Gasteiger partial charge on any atom is -0.495 e. The molecule has 7 heteroatoms. The van der Waals surface area contributed by atoms with Gasteiger partial charge in [0.15, 0.2) is 4.80 Å². The lowest BCUT2D eigenvalue weighted by atomic mass is 10.1. The number of methoxy groups -OCH3 is 2. The monoisotopic (exact) mass is 386 g/mol. The van der Waals surface area contributed by atoms with Gasteiger partial charge in [0.2, 0.25) is 0 Å². The number of aromatic nitrogens is 1. The second-order valence-corrected chi connectivity index (χ2v) is 6.72. The third-order valence-electron chi connectivity index (χ3n) is 3.99. The predicted molar refractivity (Wildman–Crippen MR) is 104 cm³/mol. The van der Waals surface area contributed by atoms with Crippen LogP contribution in [0.4, 0.5) is 4.39 Å². The summed E-state index contributed by atoms with van der Waals surface area (Å²) in [4.78, 5) is 17.3. The number of hydrogen-bond donors (Lipinski definition) is 0. The summed E-state index contributed by atoms with van der Waals surface area (Å²) in [5, 5.41) is 0. The molecule has 0 radical (unpaired) electrons. The van der Waals surface area contributed by atoms with Gasteiger partial charge in [-0.1, -0.05) is 29.5 Å². The van der Waals surface area contributed by atoms with Crippen LogP contribution in [0.3, 0.4) is 0 Å². The maximum Gasteiger partial charge on any atom is 0.252 e. The van der Waals surface area contributed by atoms with Crippen LogP contribution in [0, 0.1) is 5.82 Å². The smallest absolute Gasteiger partial charge is 0.252 e. The quantitative estimate of drug-likeness (QED) is 0.607. The highest BCUT2D eigenvalue weighted by atomic mass is 32.1. The summed E-state index contributed by atoms with van der Waals surface area (Å²) in [6.45, 7) is 4.25. The molecule has 0 bridgehead atoms. The van der Waals surface area contributed by atoms with Crippen molar-refractivity contribution in [3.63, 3.8) is 0 Å². The molecule has 3 rings (SSSR count). The summed E-state index contributed by atoms with van der Waals surface area (Å²) >= 11 is 1.35. The van der Waals surface area contributed by atoms with E-state index in [2.05, 4.69) is 11.6 Å². The Hall–Kier alpha value is -2.93. The van der Waals surface area contributed by atoms with Crippen LogP contribution in [0.15, 0.2) is 54.0 Å². The van der Waals surface area contributed by atoms with Crippen molar-refractivity contribution in [1.82, 2.24) is 4.57 Å². The number of ether oxygens (including phenoxy) is 2. The maximum absolute atomic E-state index is 13.0. The fourth-order valence-corrected chi connectivity index (χ4v) is 3.93. The number of halogens is 1. The molecule has 0 fully saturated rings. The van der Waals surface area contributed by atoms with E-state index in [9.17, 15) is 9.18 Å². The Labute approximate surface area is 160 Å². The lowest BCUT2D eigenvalue weighted by Crippen LogP contribution is -2.17. The number of fused-ring (bicyclic) bond motifs is 1. The first kappa shape index (κ1) is 18.8. The van der Waals surface area contributed by atoms with E-state index in [1.54, 1.807) is 32.4 Å². The molecule has 5 nitrogen and oxygen atoms in total. The summed E-state index contributed by atoms with van der Waals surface area (Å²) < 4.78 is 26.7. The van der Waals surface area contributed by atoms with Crippen LogP contribution >= 0.6 is 11.3 Å². The Balaban J connectivity index is 2.10. The van der Waals surface area contributed by atoms with Crippen molar-refractivity contribution in [2.24, 2.45) is 4.99 Å². The summed E-state index contributed by atoms with van der Waals surface area (Å²) in [6, 6.07) is 9.46. The van der Waals surface area contributed by atoms with Crippen molar-refractivity contribution < 1.29 is 18.7 Å². The number of thiazole rings is 1. The van der Waals surface area contributed by atoms with Gasteiger partial charge >= 0.3 is 0 Å². The normalized spacial score (nSPS) is 11.6. The summed E-state index contributed by atoms with van der Waals surface area (Å²) in [6.07, 6.45) is 1.82. The molecule has 0 N–H and O–H groups in total. The van der Waals surface area contributed by atoms with Crippen LogP contribution in [0.1, 0.15) is 5.56 Å². The second-order valence-electron chi connectivity index (χ2n) is 5.74. The van der Waals surface area contributed by atoms with Gasteiger partial charge in [0.25, 0.3) is 5.91 Å². The molecule has 0 unspecified atom stereocenters. The zero-order valence-corrected chi connectivity index (χ0v) is 15.9. The van der Waals surface area contributed by atoms with E-state index in [0.29, 0.717) is 28.4 Å². The van der Waals surface area contributed by atoms with Crippen LogP contribution in [-0.2, 0) is 17.8 Å². The number of carbonyl (C=O) groups excluding carboxylic acids is 1. The molecule has 27 heavy (non-hydrogen) atoms. The molecule has 0 spiro atoms. The minimum atomic E-state index is -0.337. The van der Waals surface area contributed by atoms with E-state index in [1.165, 1.54) is 23.5 Å². The second kappa shape index (κ2) is 8.18. The molecule has 1 aromatic heterocycles. The number of benzene rings is 2. The number of nitrogens with zero attached hydrogens (tertiary/aromatic N) is 2. The van der Waals surface area contributed by atoms with Crippen molar-refractivity contribution in [2.75, 3.05) is 14.2 Å². The van der Waals surface area contributed by atoms with Crippen LogP contribution in [0.25, 0.3) is 10.2 Å². The molecular formula is C20H19FN2O3S. The SMILES string of the molecule is C=CCn1c(=NC(=O)Cc2ccc(F)cc2)sc2c(OC)ccc(OC)c21. The average Bonchev–Trinajstić information content (AvgIpc) is 3.01. The van der Waals surface area contributed by atoms with Gasteiger partial charge in [0.1, 0.15) is 27.5 Å². The highest BCUT2D eigenvalue weighted by Crippen LogP contribution is 2.35. The molecule has 0 aliphatic heterocycles. The average molecular weight is 386 g/mol. The molecular weight excluding hydrogens is 367 g/mol. The molecule has 0 aliphatic carbocycles. The van der Waals surface area contributed by atoms with Gasteiger partial charge in [-0.2, -0.15) is 4.99 Å². The maximum atomic E-state index is 13.0. The minimum absolute atomic E-state index is 0.0941. The predicted octanol–water partition coefficient (Wildman–Crippen LogP) is 3.72. The van der Waals surface area contributed by atoms with E-state index in [0.717, 1.165) is 10.2 Å². The van der Waals surface area contributed by atoms with E-state index in [1.807, 2.05) is 16.7 Å². The Morgan fingerprint density at radius 1 is 1.19 bits per heavy atom. The van der Waals surface area contributed by atoms with Crippen molar-refractivity contribution >= 4 is 27.5 Å². The van der Waals surface area contributed by atoms with Gasteiger partial charge in [-0.05, 0) is 29.8 Å². The first-order valence-corrected chi connectivity index (χ1v) is 9.06. The fraction of sp³-hybridized carbons (Fsp3) is 0.200. The van der Waals surface area contributed by atoms with Crippen molar-refractivity contribution in [3.05, 3.63) is 65.2 Å². The van der Waals surface area contributed by atoms with Crippen molar-refractivity contribution in [3.8, 4) is 11.5 Å². The highest BCUT2D eigenvalue weighted by Gasteiger charge is 2.16. The summed E-state index contributed by atoms with van der Waals surface area (Å²) in [7, 11) is 3.18. The Morgan fingerprint density at radius 2 is 1.85 bits per heavy atom. The van der Waals surface area contributed by atoms with E-state index < -0.39 is 0 Å². The molecule has 0 atom stereocenters. The largest absolute Gasteiger partial charge is 0.495 e. The lowest BCUT2D eigenvalue weighted by Gasteiger charge is -2.08.